The molecule has 0 saturated carbocycles. The zero-order chi connectivity index (χ0) is 17.8. The van der Waals surface area contributed by atoms with E-state index in [9.17, 15) is 29.2 Å². The third kappa shape index (κ3) is 2.81. The molecule has 5 N–H and O–H groups in total. The normalized spacial score (nSPS) is 36.5. The van der Waals surface area contributed by atoms with Crippen molar-refractivity contribution in [2.75, 3.05) is 13.2 Å². The fourth-order valence-electron chi connectivity index (χ4n) is 3.38. The van der Waals surface area contributed by atoms with Gasteiger partial charge in [0.15, 0.2) is 0 Å². The molecule has 134 valence electrons. The van der Waals surface area contributed by atoms with Crippen molar-refractivity contribution in [1.29, 1.82) is 0 Å². The zero-order valence-corrected chi connectivity index (χ0v) is 13.1. The van der Waals surface area contributed by atoms with Crippen molar-refractivity contribution >= 4 is 25.7 Å². The number of phosphoric acid groups is 1. The van der Waals surface area contributed by atoms with Crippen molar-refractivity contribution < 1.29 is 43.5 Å². The Morgan fingerprint density at radius 2 is 1.88 bits per heavy atom. The van der Waals surface area contributed by atoms with Gasteiger partial charge in [0, 0.05) is 6.54 Å². The molecular weight excluding hydrogens is 349 g/mol. The van der Waals surface area contributed by atoms with Crippen molar-refractivity contribution in [3.8, 4) is 0 Å². The Morgan fingerprint density at radius 3 is 2.50 bits per heavy atom. The lowest BCUT2D eigenvalue weighted by molar-refractivity contribution is -0.150. The maximum absolute atomic E-state index is 12.6. The molecule has 12 nitrogen and oxygen atoms in total. The molecule has 3 aliphatic rings. The standard InChI is InChI=1S/C11H16N3O9P/c15-7-1-4-10(18)14-5(2-13(4)11(19)12-7)8(16)9(17)6(14)3-23-24(20,21)22/h4-6,8-9,16-17H,1-3H2,(H,12,15,19)(H2,20,21,22)/t4?,5-,6+,8?,9?/m0/s1. The van der Waals surface area contributed by atoms with E-state index in [4.69, 9.17) is 9.79 Å². The summed E-state index contributed by atoms with van der Waals surface area (Å²) in [4.78, 5) is 55.7. The summed E-state index contributed by atoms with van der Waals surface area (Å²) in [7, 11) is -4.84. The van der Waals surface area contributed by atoms with Gasteiger partial charge in [-0.05, 0) is 0 Å². The van der Waals surface area contributed by atoms with E-state index >= 15 is 0 Å². The van der Waals surface area contributed by atoms with Crippen molar-refractivity contribution in [1.82, 2.24) is 15.1 Å². The van der Waals surface area contributed by atoms with Crippen LogP contribution >= 0.6 is 7.82 Å². The van der Waals surface area contributed by atoms with Crippen LogP contribution in [0.15, 0.2) is 0 Å². The molecule has 0 radical (unpaired) electrons. The summed E-state index contributed by atoms with van der Waals surface area (Å²) in [6, 6.07) is -4.01. The number of rotatable bonds is 3. The molecule has 0 aromatic carbocycles. The number of aliphatic hydroxyl groups excluding tert-OH is 2. The number of hydrogen-bond acceptors (Lipinski definition) is 7. The predicted octanol–water partition coefficient (Wildman–Crippen LogP) is -3.28. The van der Waals surface area contributed by atoms with E-state index < -0.39 is 62.6 Å². The molecule has 0 aromatic rings. The molecule has 3 heterocycles. The molecule has 0 aliphatic carbocycles. The molecule has 4 amide bonds. The van der Waals surface area contributed by atoms with E-state index in [1.54, 1.807) is 0 Å². The minimum Gasteiger partial charge on any atom is -0.388 e. The first-order valence-electron chi connectivity index (χ1n) is 7.09. The Hall–Kier alpha value is -1.56. The molecule has 3 fully saturated rings. The Bertz CT molecular complexity index is 636. The number of piperazine rings is 1. The highest BCUT2D eigenvalue weighted by atomic mass is 31.2. The van der Waals surface area contributed by atoms with Crippen LogP contribution in [0.5, 0.6) is 0 Å². The summed E-state index contributed by atoms with van der Waals surface area (Å²) in [6.45, 7) is -0.822. The van der Waals surface area contributed by atoms with Gasteiger partial charge in [-0.25, -0.2) is 9.36 Å². The molecule has 5 atom stereocenters. The van der Waals surface area contributed by atoms with Gasteiger partial charge >= 0.3 is 13.9 Å². The van der Waals surface area contributed by atoms with Crippen molar-refractivity contribution in [2.45, 2.75) is 36.8 Å². The number of aliphatic hydroxyl groups is 2. The van der Waals surface area contributed by atoms with Gasteiger partial charge in [-0.1, -0.05) is 0 Å². The first kappa shape index (κ1) is 17.3. The lowest BCUT2D eigenvalue weighted by Crippen LogP contribution is -2.69. The van der Waals surface area contributed by atoms with Crippen LogP contribution < -0.4 is 5.32 Å². The maximum Gasteiger partial charge on any atom is 0.469 e. The number of nitrogens with one attached hydrogen (secondary N) is 1. The van der Waals surface area contributed by atoms with E-state index in [-0.39, 0.29) is 13.0 Å². The number of phosphoric ester groups is 1. The summed E-state index contributed by atoms with van der Waals surface area (Å²) < 4.78 is 15.2. The molecule has 0 spiro atoms. The van der Waals surface area contributed by atoms with Gasteiger partial charge in [0.25, 0.3) is 0 Å². The zero-order valence-electron chi connectivity index (χ0n) is 12.2. The van der Waals surface area contributed by atoms with Crippen LogP contribution in [-0.4, -0.2) is 91.1 Å². The number of hydrogen-bond donors (Lipinski definition) is 5. The SMILES string of the molecule is O=C1CC2C(=O)N3[C@H](COP(=O)(O)O)C(O)C(O)[C@@H]3CN2C(=O)N1. The number of carbonyl (C=O) groups excluding carboxylic acids is 3. The van der Waals surface area contributed by atoms with E-state index in [1.165, 1.54) is 0 Å². The quantitative estimate of drug-likeness (QED) is 0.321. The summed E-state index contributed by atoms with van der Waals surface area (Å²) in [5.74, 6) is -1.32. The molecule has 3 rings (SSSR count). The van der Waals surface area contributed by atoms with E-state index in [2.05, 4.69) is 9.84 Å². The smallest absolute Gasteiger partial charge is 0.388 e. The first-order chi connectivity index (χ1) is 11.1. The summed E-state index contributed by atoms with van der Waals surface area (Å²) in [6.07, 6.45) is -3.21. The predicted molar refractivity (Wildman–Crippen MR) is 73.1 cm³/mol. The molecule has 24 heavy (non-hydrogen) atoms. The van der Waals surface area contributed by atoms with Gasteiger partial charge < -0.3 is 29.8 Å². The fourth-order valence-corrected chi connectivity index (χ4v) is 3.73. The molecule has 3 aliphatic heterocycles. The maximum atomic E-state index is 12.6. The minimum atomic E-state index is -4.84. The van der Waals surface area contributed by atoms with Gasteiger partial charge in [0.1, 0.15) is 18.2 Å². The molecule has 0 aromatic heterocycles. The lowest BCUT2D eigenvalue weighted by atomic mass is 10.0. The van der Waals surface area contributed by atoms with Crippen LogP contribution in [0.1, 0.15) is 6.42 Å². The fraction of sp³-hybridized carbons (Fsp3) is 0.727. The average Bonchev–Trinajstić information content (AvgIpc) is 2.70. The molecule has 3 unspecified atom stereocenters. The van der Waals surface area contributed by atoms with Crippen LogP contribution in [-0.2, 0) is 18.7 Å². The van der Waals surface area contributed by atoms with Crippen LogP contribution in [0.2, 0.25) is 0 Å². The van der Waals surface area contributed by atoms with Crippen LogP contribution in [0.4, 0.5) is 4.79 Å². The molecule has 3 saturated heterocycles. The third-order valence-electron chi connectivity index (χ3n) is 4.45. The first-order valence-corrected chi connectivity index (χ1v) is 8.62. The lowest BCUT2D eigenvalue weighted by Gasteiger charge is -2.46. The van der Waals surface area contributed by atoms with Crippen LogP contribution in [0.25, 0.3) is 0 Å². The largest absolute Gasteiger partial charge is 0.469 e. The number of carbonyl (C=O) groups is 3. The molecule has 0 bridgehead atoms. The van der Waals surface area contributed by atoms with Gasteiger partial charge in [-0.15, -0.1) is 0 Å². The minimum absolute atomic E-state index is 0.125. The highest BCUT2D eigenvalue weighted by Gasteiger charge is 2.57. The average molecular weight is 365 g/mol. The van der Waals surface area contributed by atoms with Crippen molar-refractivity contribution in [2.24, 2.45) is 0 Å². The number of nitrogens with zero attached hydrogens (tertiary/aromatic N) is 2. The molecular formula is C11H16N3O9P. The van der Waals surface area contributed by atoms with Crippen LogP contribution in [0, 0.1) is 0 Å². The number of urea groups is 1. The second-order valence-electron chi connectivity index (χ2n) is 5.87. The third-order valence-corrected chi connectivity index (χ3v) is 4.94. The summed E-state index contributed by atoms with van der Waals surface area (Å²) in [5, 5.41) is 22.3. The van der Waals surface area contributed by atoms with E-state index in [1.807, 2.05) is 0 Å². The van der Waals surface area contributed by atoms with Gasteiger partial charge in [-0.3, -0.25) is 19.4 Å². The Morgan fingerprint density at radius 1 is 1.21 bits per heavy atom. The molecule has 13 heteroatoms. The Balaban J connectivity index is 1.86. The monoisotopic (exact) mass is 365 g/mol. The van der Waals surface area contributed by atoms with Gasteiger partial charge in [-0.2, -0.15) is 0 Å². The number of amides is 4. The summed E-state index contributed by atoms with van der Waals surface area (Å²) in [5.41, 5.74) is 0. The summed E-state index contributed by atoms with van der Waals surface area (Å²) >= 11 is 0. The Labute approximate surface area is 135 Å². The number of imide groups is 1. The Kier molecular flexibility index (Phi) is 4.14. The van der Waals surface area contributed by atoms with Crippen LogP contribution in [0.3, 0.4) is 0 Å². The van der Waals surface area contributed by atoms with E-state index in [0.717, 1.165) is 9.80 Å². The second-order valence-corrected chi connectivity index (χ2v) is 7.11. The number of fused-ring (bicyclic) bond motifs is 2. The second kappa shape index (κ2) is 5.76. The highest BCUT2D eigenvalue weighted by molar-refractivity contribution is 7.46. The van der Waals surface area contributed by atoms with Crippen molar-refractivity contribution in [3.63, 3.8) is 0 Å². The van der Waals surface area contributed by atoms with Gasteiger partial charge in [0.2, 0.25) is 11.8 Å². The topological polar surface area (TPSA) is 177 Å². The van der Waals surface area contributed by atoms with E-state index in [0.29, 0.717) is 0 Å². The van der Waals surface area contributed by atoms with Gasteiger partial charge in [0.05, 0.1) is 25.1 Å². The van der Waals surface area contributed by atoms with Crippen molar-refractivity contribution in [3.05, 3.63) is 0 Å². The highest BCUT2D eigenvalue weighted by Crippen LogP contribution is 2.39.